The molecule has 21 heavy (non-hydrogen) atoms. The van der Waals surface area contributed by atoms with Gasteiger partial charge in [-0.15, -0.1) is 0 Å². The lowest BCUT2D eigenvalue weighted by molar-refractivity contribution is 0.331. The third-order valence-electron chi connectivity index (χ3n) is 2.80. The van der Waals surface area contributed by atoms with Crippen molar-refractivity contribution in [3.63, 3.8) is 0 Å². The second kappa shape index (κ2) is 6.64. The Kier molecular flexibility index (Phi) is 4.87. The SMILES string of the molecule is CCOc1ccc(N)cc1S(=O)(=O)NCCc1ccco1. The average Bonchev–Trinajstić information content (AvgIpc) is 2.94. The first-order valence-corrected chi connectivity index (χ1v) is 8.05. The molecule has 1 aromatic heterocycles. The number of furan rings is 1. The molecule has 0 aliphatic rings. The molecule has 114 valence electrons. The van der Waals surface area contributed by atoms with Crippen LogP contribution in [0, 0.1) is 0 Å². The fourth-order valence-electron chi connectivity index (χ4n) is 1.85. The molecule has 0 aliphatic carbocycles. The zero-order valence-corrected chi connectivity index (χ0v) is 12.5. The van der Waals surface area contributed by atoms with Crippen LogP contribution in [-0.2, 0) is 16.4 Å². The van der Waals surface area contributed by atoms with Crippen LogP contribution in [0.2, 0.25) is 0 Å². The molecule has 1 aromatic carbocycles. The molecule has 6 nitrogen and oxygen atoms in total. The minimum absolute atomic E-state index is 0.0452. The Morgan fingerprint density at radius 2 is 2.14 bits per heavy atom. The van der Waals surface area contributed by atoms with Gasteiger partial charge in [0.1, 0.15) is 16.4 Å². The van der Waals surface area contributed by atoms with Gasteiger partial charge in [0, 0.05) is 18.7 Å². The molecule has 2 rings (SSSR count). The fraction of sp³-hybridized carbons (Fsp3) is 0.286. The van der Waals surface area contributed by atoms with E-state index < -0.39 is 10.0 Å². The summed E-state index contributed by atoms with van der Waals surface area (Å²) in [4.78, 5) is 0.0452. The molecule has 0 radical (unpaired) electrons. The topological polar surface area (TPSA) is 94.6 Å². The number of ether oxygens (including phenoxy) is 1. The summed E-state index contributed by atoms with van der Waals surface area (Å²) in [5.74, 6) is 1.01. The molecular formula is C14H18N2O4S. The maximum atomic E-state index is 12.3. The van der Waals surface area contributed by atoms with E-state index in [1.165, 1.54) is 6.07 Å². The van der Waals surface area contributed by atoms with E-state index in [-0.39, 0.29) is 17.2 Å². The summed E-state index contributed by atoms with van der Waals surface area (Å²) in [6.45, 7) is 2.39. The van der Waals surface area contributed by atoms with Crippen molar-refractivity contribution in [1.82, 2.24) is 4.72 Å². The van der Waals surface area contributed by atoms with Gasteiger partial charge >= 0.3 is 0 Å². The Balaban J connectivity index is 2.12. The van der Waals surface area contributed by atoms with Gasteiger partial charge < -0.3 is 14.9 Å². The van der Waals surface area contributed by atoms with E-state index >= 15 is 0 Å². The molecule has 0 aliphatic heterocycles. The maximum Gasteiger partial charge on any atom is 0.244 e. The molecule has 1 heterocycles. The smallest absolute Gasteiger partial charge is 0.244 e. The van der Waals surface area contributed by atoms with Crippen molar-refractivity contribution < 1.29 is 17.6 Å². The Labute approximate surface area is 124 Å². The number of sulfonamides is 1. The van der Waals surface area contributed by atoms with Gasteiger partial charge in [0.25, 0.3) is 0 Å². The highest BCUT2D eigenvalue weighted by Crippen LogP contribution is 2.26. The lowest BCUT2D eigenvalue weighted by Gasteiger charge is -2.12. The Bertz CT molecular complexity index is 681. The normalized spacial score (nSPS) is 11.5. The van der Waals surface area contributed by atoms with Crippen molar-refractivity contribution in [3.8, 4) is 5.75 Å². The Hall–Kier alpha value is -1.99. The Morgan fingerprint density at radius 3 is 2.81 bits per heavy atom. The molecule has 0 atom stereocenters. The standard InChI is InChI=1S/C14H18N2O4S/c1-2-19-13-6-5-11(15)10-14(13)21(17,18)16-8-7-12-4-3-9-20-12/h3-6,9-10,16H,2,7-8,15H2,1H3. The van der Waals surface area contributed by atoms with Gasteiger partial charge in [-0.25, -0.2) is 13.1 Å². The van der Waals surface area contributed by atoms with Crippen molar-refractivity contribution in [2.75, 3.05) is 18.9 Å². The van der Waals surface area contributed by atoms with Crippen molar-refractivity contribution in [3.05, 3.63) is 42.4 Å². The monoisotopic (exact) mass is 310 g/mol. The highest BCUT2D eigenvalue weighted by molar-refractivity contribution is 7.89. The van der Waals surface area contributed by atoms with Crippen LogP contribution in [0.25, 0.3) is 0 Å². The first-order chi connectivity index (χ1) is 10.0. The number of anilines is 1. The maximum absolute atomic E-state index is 12.3. The zero-order valence-electron chi connectivity index (χ0n) is 11.7. The molecule has 7 heteroatoms. The number of benzene rings is 1. The molecular weight excluding hydrogens is 292 g/mol. The van der Waals surface area contributed by atoms with Gasteiger partial charge in [0.15, 0.2) is 0 Å². The van der Waals surface area contributed by atoms with Gasteiger partial charge in [-0.3, -0.25) is 0 Å². The molecule has 0 saturated carbocycles. The molecule has 0 fully saturated rings. The third-order valence-corrected chi connectivity index (χ3v) is 4.28. The van der Waals surface area contributed by atoms with Gasteiger partial charge in [-0.05, 0) is 37.3 Å². The largest absolute Gasteiger partial charge is 0.492 e. The number of nitrogen functional groups attached to an aromatic ring is 1. The van der Waals surface area contributed by atoms with Crippen LogP contribution in [-0.4, -0.2) is 21.6 Å². The van der Waals surface area contributed by atoms with Crippen molar-refractivity contribution in [2.45, 2.75) is 18.2 Å². The predicted molar refractivity (Wildman–Crippen MR) is 79.6 cm³/mol. The van der Waals surface area contributed by atoms with E-state index in [1.54, 1.807) is 37.5 Å². The summed E-state index contributed by atoms with van der Waals surface area (Å²) in [5, 5.41) is 0. The van der Waals surface area contributed by atoms with Gasteiger partial charge in [-0.1, -0.05) is 0 Å². The second-order valence-corrected chi connectivity index (χ2v) is 6.10. The minimum Gasteiger partial charge on any atom is -0.492 e. The van der Waals surface area contributed by atoms with Gasteiger partial charge in [0.2, 0.25) is 10.0 Å². The van der Waals surface area contributed by atoms with Crippen LogP contribution in [0.15, 0.2) is 45.9 Å². The van der Waals surface area contributed by atoms with Crippen LogP contribution in [0.1, 0.15) is 12.7 Å². The van der Waals surface area contributed by atoms with Gasteiger partial charge in [0.05, 0.1) is 12.9 Å². The first kappa shape index (κ1) is 15.4. The summed E-state index contributed by atoms with van der Waals surface area (Å²) in [6.07, 6.45) is 2.02. The number of nitrogens with two attached hydrogens (primary N) is 1. The molecule has 0 amide bonds. The van der Waals surface area contributed by atoms with Crippen LogP contribution in [0.5, 0.6) is 5.75 Å². The molecule has 0 saturated heterocycles. The third kappa shape index (κ3) is 3.99. The van der Waals surface area contributed by atoms with Crippen LogP contribution in [0.4, 0.5) is 5.69 Å². The molecule has 0 unspecified atom stereocenters. The van der Waals surface area contributed by atoms with E-state index in [1.807, 2.05) is 0 Å². The number of rotatable bonds is 7. The van der Waals surface area contributed by atoms with Crippen LogP contribution < -0.4 is 15.2 Å². The van der Waals surface area contributed by atoms with Crippen molar-refractivity contribution in [2.24, 2.45) is 0 Å². The zero-order chi connectivity index (χ0) is 15.3. The second-order valence-electron chi connectivity index (χ2n) is 4.37. The molecule has 0 bridgehead atoms. The quantitative estimate of drug-likeness (QED) is 0.760. The summed E-state index contributed by atoms with van der Waals surface area (Å²) >= 11 is 0. The highest BCUT2D eigenvalue weighted by atomic mass is 32.2. The number of nitrogens with one attached hydrogen (secondary N) is 1. The van der Waals surface area contributed by atoms with Crippen molar-refractivity contribution in [1.29, 1.82) is 0 Å². The fourth-order valence-corrected chi connectivity index (χ4v) is 3.06. The first-order valence-electron chi connectivity index (χ1n) is 6.57. The van der Waals surface area contributed by atoms with Crippen LogP contribution in [0.3, 0.4) is 0 Å². The van der Waals surface area contributed by atoms with Gasteiger partial charge in [-0.2, -0.15) is 0 Å². The summed E-state index contributed by atoms with van der Waals surface area (Å²) in [6, 6.07) is 8.10. The lowest BCUT2D eigenvalue weighted by atomic mass is 10.3. The van der Waals surface area contributed by atoms with E-state index in [0.29, 0.717) is 18.7 Å². The molecule has 0 spiro atoms. The van der Waals surface area contributed by atoms with E-state index in [0.717, 1.165) is 5.76 Å². The van der Waals surface area contributed by atoms with E-state index in [9.17, 15) is 8.42 Å². The summed E-state index contributed by atoms with van der Waals surface area (Å²) in [5.41, 5.74) is 6.03. The summed E-state index contributed by atoms with van der Waals surface area (Å²) < 4.78 is 37.7. The molecule has 2 aromatic rings. The van der Waals surface area contributed by atoms with E-state index in [4.69, 9.17) is 14.9 Å². The lowest BCUT2D eigenvalue weighted by Crippen LogP contribution is -2.26. The predicted octanol–water partition coefficient (Wildman–Crippen LogP) is 1.78. The Morgan fingerprint density at radius 1 is 1.33 bits per heavy atom. The number of hydrogen-bond donors (Lipinski definition) is 2. The molecule has 3 N–H and O–H groups in total. The van der Waals surface area contributed by atoms with Crippen LogP contribution >= 0.6 is 0 Å². The number of hydrogen-bond acceptors (Lipinski definition) is 5. The van der Waals surface area contributed by atoms with E-state index in [2.05, 4.69) is 4.72 Å². The highest BCUT2D eigenvalue weighted by Gasteiger charge is 2.19. The van der Waals surface area contributed by atoms with Crippen molar-refractivity contribution >= 4 is 15.7 Å². The average molecular weight is 310 g/mol. The summed E-state index contributed by atoms with van der Waals surface area (Å²) in [7, 11) is -3.69. The minimum atomic E-state index is -3.69.